The number of nitrogens with one attached hydrogen (secondary N) is 2. The number of likely N-dealkylation sites (N-methyl/N-ethyl adjacent to an activating group) is 1. The van der Waals surface area contributed by atoms with Gasteiger partial charge in [-0.05, 0) is 92.0 Å². The van der Waals surface area contributed by atoms with Gasteiger partial charge in [-0.1, -0.05) is 18.2 Å². The molecule has 4 atom stereocenters. The molecule has 3 amide bonds. The number of urea groups is 1. The van der Waals surface area contributed by atoms with E-state index in [1.807, 2.05) is 0 Å². The second-order valence-electron chi connectivity index (χ2n) is 12.7. The van der Waals surface area contributed by atoms with Gasteiger partial charge in [-0.3, -0.25) is 19.3 Å². The molecule has 8 N–H and O–H groups in total. The van der Waals surface area contributed by atoms with Crippen LogP contribution in [-0.2, 0) is 16.0 Å². The van der Waals surface area contributed by atoms with E-state index in [-0.39, 0.29) is 29.7 Å². The number of rotatable bonds is 6. The van der Waals surface area contributed by atoms with E-state index in [1.54, 1.807) is 44.4 Å². The molecule has 0 spiro atoms. The minimum atomic E-state index is -4.85. The number of ether oxygens (including phenoxy) is 1. The maximum atomic E-state index is 14.0. The van der Waals surface area contributed by atoms with Crippen LogP contribution in [0.5, 0.6) is 11.5 Å². The molecule has 6 rings (SSSR count). The monoisotopic (exact) mass is 708 g/mol. The molecule has 0 saturated carbocycles. The van der Waals surface area contributed by atoms with Gasteiger partial charge < -0.3 is 41.5 Å². The third-order valence-corrected chi connectivity index (χ3v) is 9.41. The van der Waals surface area contributed by atoms with Gasteiger partial charge in [0, 0.05) is 22.9 Å². The van der Waals surface area contributed by atoms with Crippen LogP contribution in [0.15, 0.2) is 83.3 Å². The van der Waals surface area contributed by atoms with Crippen molar-refractivity contribution in [1.29, 1.82) is 0 Å². The molecule has 51 heavy (non-hydrogen) atoms. The largest absolute Gasteiger partial charge is 0.573 e. The predicted molar refractivity (Wildman–Crippen MR) is 175 cm³/mol. The molecule has 4 unspecified atom stereocenters. The number of fused-ring (bicyclic) bond motifs is 3. The number of nitrogens with two attached hydrogens (primary N) is 1. The molecular weight excluding hydrogens is 677 g/mol. The van der Waals surface area contributed by atoms with Crippen molar-refractivity contribution >= 4 is 34.9 Å². The van der Waals surface area contributed by atoms with Crippen LogP contribution in [0.25, 0.3) is 11.1 Å². The average Bonchev–Trinajstić information content (AvgIpc) is 3.03. The molecule has 0 heterocycles. The van der Waals surface area contributed by atoms with Crippen LogP contribution in [0.4, 0.5) is 29.3 Å². The van der Waals surface area contributed by atoms with Crippen LogP contribution in [0.1, 0.15) is 22.3 Å². The van der Waals surface area contributed by atoms with Gasteiger partial charge in [0.2, 0.25) is 5.78 Å². The third-order valence-electron chi connectivity index (χ3n) is 9.41. The first-order valence-electron chi connectivity index (χ1n) is 15.5. The van der Waals surface area contributed by atoms with Gasteiger partial charge in [0.1, 0.15) is 28.6 Å². The number of amides is 3. The lowest BCUT2D eigenvalue weighted by atomic mass is 9.58. The Kier molecular flexibility index (Phi) is 8.55. The Balaban J connectivity index is 1.28. The number of aliphatic hydroxyl groups excluding tert-OH is 2. The smallest absolute Gasteiger partial charge is 0.510 e. The van der Waals surface area contributed by atoms with Crippen molar-refractivity contribution in [3.63, 3.8) is 0 Å². The minimum Gasteiger partial charge on any atom is -0.510 e. The number of anilines is 2. The van der Waals surface area contributed by atoms with Crippen LogP contribution in [-0.4, -0.2) is 80.9 Å². The number of hydrogen-bond donors (Lipinski definition) is 7. The fourth-order valence-corrected chi connectivity index (χ4v) is 7.29. The van der Waals surface area contributed by atoms with Gasteiger partial charge in [-0.2, -0.15) is 0 Å². The molecule has 3 aliphatic carbocycles. The van der Waals surface area contributed by atoms with Gasteiger partial charge in [0.05, 0.1) is 11.6 Å². The van der Waals surface area contributed by atoms with Gasteiger partial charge >= 0.3 is 12.4 Å². The number of carbonyl (C=O) groups is 4. The number of aromatic hydroxyl groups is 1. The highest BCUT2D eigenvalue weighted by Gasteiger charge is 2.63. The number of alkyl halides is 3. The first-order chi connectivity index (χ1) is 23.9. The summed E-state index contributed by atoms with van der Waals surface area (Å²) >= 11 is 0. The average molecular weight is 709 g/mol. The molecule has 0 fully saturated rings. The van der Waals surface area contributed by atoms with E-state index in [1.165, 1.54) is 23.1 Å². The summed E-state index contributed by atoms with van der Waals surface area (Å²) in [6, 6.07) is 12.1. The number of phenols is 1. The van der Waals surface area contributed by atoms with Gasteiger partial charge in [0.25, 0.3) is 5.91 Å². The molecule has 3 aliphatic rings. The van der Waals surface area contributed by atoms with Crippen molar-refractivity contribution in [2.24, 2.45) is 17.6 Å². The van der Waals surface area contributed by atoms with E-state index in [0.29, 0.717) is 22.4 Å². The van der Waals surface area contributed by atoms with E-state index >= 15 is 0 Å². The first-order valence-corrected chi connectivity index (χ1v) is 15.5. The number of halogens is 3. The Morgan fingerprint density at radius 3 is 2.08 bits per heavy atom. The second kappa shape index (κ2) is 12.5. The van der Waals surface area contributed by atoms with Crippen LogP contribution >= 0.6 is 0 Å². The zero-order chi connectivity index (χ0) is 37.2. The van der Waals surface area contributed by atoms with Crippen LogP contribution in [0.2, 0.25) is 0 Å². The fourth-order valence-electron chi connectivity index (χ4n) is 7.29. The number of phenolic OH excluding ortho intramolecular Hbond substituents is 1. The zero-order valence-electron chi connectivity index (χ0n) is 26.9. The van der Waals surface area contributed by atoms with Crippen molar-refractivity contribution in [1.82, 2.24) is 4.90 Å². The molecule has 13 nitrogen and oxygen atoms in total. The third kappa shape index (κ3) is 6.01. The Hall–Kier alpha value is -5.87. The summed E-state index contributed by atoms with van der Waals surface area (Å²) in [5, 5.41) is 50.2. The molecule has 0 bridgehead atoms. The summed E-state index contributed by atoms with van der Waals surface area (Å²) in [5.41, 5.74) is 3.39. The first kappa shape index (κ1) is 35.0. The van der Waals surface area contributed by atoms with E-state index in [9.17, 15) is 52.8 Å². The standard InChI is InChI=1S/C35H31F3N4O9/c1-42(2)27-22-14-16-13-21-20(15-3-5-17(6-4-15)40-33(49)41-18-7-9-19(10-8-18)51-35(36,37)38)11-12-23(43)25(21)28(44)24(16)30(46)34(22,50)31(47)26(29(27)45)32(39)48/h3-12,16,22,27,43,45-46,50H,13-14H2,1-2H3,(H2,39,48)(H2,40,41,49). The number of ketones is 2. The Morgan fingerprint density at radius 1 is 0.941 bits per heavy atom. The van der Waals surface area contributed by atoms with E-state index < -0.39 is 81.9 Å². The van der Waals surface area contributed by atoms with Crippen molar-refractivity contribution in [2.45, 2.75) is 30.8 Å². The highest BCUT2D eigenvalue weighted by molar-refractivity contribution is 6.25. The number of Topliss-reactive ketones (excluding diaryl/α,β-unsaturated/α-hetero) is 2. The van der Waals surface area contributed by atoms with Crippen LogP contribution in [0.3, 0.4) is 0 Å². The molecular formula is C35H31F3N4O9. The molecule has 0 aromatic heterocycles. The number of benzene rings is 3. The van der Waals surface area contributed by atoms with Gasteiger partial charge in [0.15, 0.2) is 11.4 Å². The van der Waals surface area contributed by atoms with Crippen LogP contribution < -0.4 is 21.1 Å². The van der Waals surface area contributed by atoms with E-state index in [2.05, 4.69) is 15.4 Å². The molecule has 3 aromatic rings. The molecule has 16 heteroatoms. The SMILES string of the molecule is CN(C)C1C(O)=C(C(N)=O)C(=O)C2(O)C(O)=C3C(=O)c4c(O)ccc(-c5ccc(NC(=O)Nc6ccc(OC(F)(F)F)cc6)cc5)c4CC3CC12. The molecule has 0 aliphatic heterocycles. The lowest BCUT2D eigenvalue weighted by Gasteiger charge is -2.50. The Morgan fingerprint density at radius 2 is 1.53 bits per heavy atom. The van der Waals surface area contributed by atoms with Crippen molar-refractivity contribution < 1.29 is 57.5 Å². The Labute approximate surface area is 287 Å². The lowest BCUT2D eigenvalue weighted by Crippen LogP contribution is -2.63. The maximum absolute atomic E-state index is 14.0. The number of carbonyl (C=O) groups excluding carboxylic acids is 4. The highest BCUT2D eigenvalue weighted by Crippen LogP contribution is 2.53. The topological polar surface area (TPSA) is 212 Å². The predicted octanol–water partition coefficient (Wildman–Crippen LogP) is 4.33. The van der Waals surface area contributed by atoms with Crippen molar-refractivity contribution in [3.8, 4) is 22.6 Å². The maximum Gasteiger partial charge on any atom is 0.573 e. The number of primary amides is 1. The van der Waals surface area contributed by atoms with Crippen molar-refractivity contribution in [2.75, 3.05) is 24.7 Å². The fraction of sp³-hybridized carbons (Fsp3) is 0.257. The number of nitrogens with zero attached hydrogens (tertiary/aromatic N) is 1. The zero-order valence-corrected chi connectivity index (χ0v) is 26.9. The van der Waals surface area contributed by atoms with E-state index in [0.717, 1.165) is 12.1 Å². The Bertz CT molecular complexity index is 2040. The van der Waals surface area contributed by atoms with Gasteiger partial charge in [-0.25, -0.2) is 4.79 Å². The summed E-state index contributed by atoms with van der Waals surface area (Å²) < 4.78 is 41.0. The summed E-state index contributed by atoms with van der Waals surface area (Å²) in [7, 11) is 3.08. The summed E-state index contributed by atoms with van der Waals surface area (Å²) in [4.78, 5) is 53.7. The highest BCUT2D eigenvalue weighted by atomic mass is 19.4. The van der Waals surface area contributed by atoms with Crippen molar-refractivity contribution in [3.05, 3.63) is 94.5 Å². The number of allylic oxidation sites excluding steroid dienone is 1. The summed E-state index contributed by atoms with van der Waals surface area (Å²) in [5.74, 6) is -7.90. The van der Waals surface area contributed by atoms with Crippen LogP contribution in [0, 0.1) is 11.8 Å². The minimum absolute atomic E-state index is 0.0725. The molecule has 0 radical (unpaired) electrons. The van der Waals surface area contributed by atoms with E-state index in [4.69, 9.17) is 5.73 Å². The normalized spacial score (nSPS) is 23.0. The summed E-state index contributed by atoms with van der Waals surface area (Å²) in [6.07, 6.45) is -4.85. The summed E-state index contributed by atoms with van der Waals surface area (Å²) in [6.45, 7) is 0. The molecule has 3 aromatic carbocycles. The second-order valence-corrected chi connectivity index (χ2v) is 12.7. The lowest BCUT2D eigenvalue weighted by molar-refractivity contribution is -0.274. The van der Waals surface area contributed by atoms with Gasteiger partial charge in [-0.15, -0.1) is 13.2 Å². The quantitative estimate of drug-likeness (QED) is 0.180. The number of aliphatic hydroxyl groups is 3. The molecule has 266 valence electrons. The molecule has 0 saturated heterocycles. The number of hydrogen-bond acceptors (Lipinski definition) is 10.